The molecule has 3 aromatic rings. The summed E-state index contributed by atoms with van der Waals surface area (Å²) in [5.74, 6) is 0.133. The average molecular weight is 256 g/mol. The third kappa shape index (κ3) is 1.84. The third-order valence-corrected chi connectivity index (χ3v) is 3.87. The summed E-state index contributed by atoms with van der Waals surface area (Å²) in [5, 5.41) is 7.42. The lowest BCUT2D eigenvalue weighted by atomic mass is 10.1. The van der Waals surface area contributed by atoms with Crippen LogP contribution in [-0.4, -0.2) is 15.6 Å². The van der Waals surface area contributed by atoms with E-state index in [0.717, 1.165) is 21.5 Å². The second kappa shape index (κ2) is 4.38. The van der Waals surface area contributed by atoms with Gasteiger partial charge < -0.3 is 0 Å². The molecule has 0 aliphatic heterocycles. The van der Waals surface area contributed by atoms with Crippen molar-refractivity contribution in [2.24, 2.45) is 7.05 Å². The third-order valence-electron chi connectivity index (χ3n) is 2.96. The van der Waals surface area contributed by atoms with Crippen LogP contribution in [0.3, 0.4) is 0 Å². The van der Waals surface area contributed by atoms with Gasteiger partial charge in [-0.2, -0.15) is 5.10 Å². The van der Waals surface area contributed by atoms with E-state index in [2.05, 4.69) is 5.10 Å². The van der Waals surface area contributed by atoms with Crippen LogP contribution in [0.4, 0.5) is 0 Å². The van der Waals surface area contributed by atoms with Crippen LogP contribution in [0.1, 0.15) is 15.4 Å². The fourth-order valence-corrected chi connectivity index (χ4v) is 2.76. The molecule has 2 aromatic heterocycles. The number of thiophene rings is 1. The van der Waals surface area contributed by atoms with E-state index in [0.29, 0.717) is 6.42 Å². The first-order chi connectivity index (χ1) is 8.75. The monoisotopic (exact) mass is 256 g/mol. The Kier molecular flexibility index (Phi) is 2.72. The van der Waals surface area contributed by atoms with Crippen molar-refractivity contribution in [3.8, 4) is 0 Å². The molecule has 18 heavy (non-hydrogen) atoms. The highest BCUT2D eigenvalue weighted by Gasteiger charge is 2.13. The summed E-state index contributed by atoms with van der Waals surface area (Å²) in [6.45, 7) is 0. The van der Waals surface area contributed by atoms with E-state index in [-0.39, 0.29) is 5.78 Å². The van der Waals surface area contributed by atoms with Crippen LogP contribution in [0.15, 0.2) is 41.8 Å². The molecule has 0 saturated heterocycles. The predicted octanol–water partition coefficient (Wildman–Crippen LogP) is 3.06. The first-order valence-corrected chi connectivity index (χ1v) is 6.61. The molecule has 0 atom stereocenters. The molecule has 0 unspecified atom stereocenters. The normalized spacial score (nSPS) is 10.9. The highest BCUT2D eigenvalue weighted by Crippen LogP contribution is 2.20. The molecule has 0 aliphatic rings. The molecule has 3 rings (SSSR count). The standard InChI is InChI=1S/C14H12N2OS/c1-16-12-6-3-2-5-10(12)11(15-16)9-13(17)14-7-4-8-18-14/h2-8H,9H2,1H3. The van der Waals surface area contributed by atoms with E-state index in [4.69, 9.17) is 0 Å². The quantitative estimate of drug-likeness (QED) is 0.675. The Bertz CT molecular complexity index is 698. The maximum absolute atomic E-state index is 12.1. The topological polar surface area (TPSA) is 34.9 Å². The fourth-order valence-electron chi connectivity index (χ4n) is 2.10. The molecule has 0 saturated carbocycles. The number of carbonyl (C=O) groups is 1. The van der Waals surface area contributed by atoms with Gasteiger partial charge in [-0.1, -0.05) is 24.3 Å². The first-order valence-electron chi connectivity index (χ1n) is 5.73. The lowest BCUT2D eigenvalue weighted by Crippen LogP contribution is -2.02. The molecule has 0 N–H and O–H groups in total. The number of hydrogen-bond donors (Lipinski definition) is 0. The number of aryl methyl sites for hydroxylation is 1. The number of ketones is 1. The Morgan fingerprint density at radius 1 is 1.28 bits per heavy atom. The number of para-hydroxylation sites is 1. The van der Waals surface area contributed by atoms with E-state index in [1.165, 1.54) is 11.3 Å². The average Bonchev–Trinajstić information content (AvgIpc) is 3.00. The Hall–Kier alpha value is -1.94. The predicted molar refractivity (Wildman–Crippen MR) is 73.1 cm³/mol. The van der Waals surface area contributed by atoms with Crippen LogP contribution >= 0.6 is 11.3 Å². The number of hydrogen-bond acceptors (Lipinski definition) is 3. The maximum atomic E-state index is 12.1. The van der Waals surface area contributed by atoms with Gasteiger partial charge in [0.25, 0.3) is 0 Å². The zero-order chi connectivity index (χ0) is 12.5. The van der Waals surface area contributed by atoms with E-state index in [1.807, 2.05) is 53.5 Å². The zero-order valence-electron chi connectivity index (χ0n) is 9.96. The number of rotatable bonds is 3. The van der Waals surface area contributed by atoms with Crippen molar-refractivity contribution in [2.75, 3.05) is 0 Å². The van der Waals surface area contributed by atoms with E-state index < -0.39 is 0 Å². The lowest BCUT2D eigenvalue weighted by Gasteiger charge is -1.95. The van der Waals surface area contributed by atoms with Gasteiger partial charge in [0.2, 0.25) is 0 Å². The molecule has 90 valence electrons. The summed E-state index contributed by atoms with van der Waals surface area (Å²) in [4.78, 5) is 12.9. The highest BCUT2D eigenvalue weighted by molar-refractivity contribution is 7.12. The number of aromatic nitrogens is 2. The van der Waals surface area contributed by atoms with Gasteiger partial charge in [-0.05, 0) is 17.5 Å². The number of benzene rings is 1. The van der Waals surface area contributed by atoms with Gasteiger partial charge >= 0.3 is 0 Å². The molecular weight excluding hydrogens is 244 g/mol. The summed E-state index contributed by atoms with van der Waals surface area (Å²) in [5.41, 5.74) is 1.91. The number of carbonyl (C=O) groups excluding carboxylic acids is 1. The zero-order valence-corrected chi connectivity index (χ0v) is 10.8. The summed E-state index contributed by atoms with van der Waals surface area (Å²) in [6, 6.07) is 11.7. The van der Waals surface area contributed by atoms with Gasteiger partial charge in [0, 0.05) is 12.4 Å². The SMILES string of the molecule is Cn1nc(CC(=O)c2cccs2)c2ccccc21. The molecule has 2 heterocycles. The molecule has 4 heteroatoms. The van der Waals surface area contributed by atoms with Crippen LogP contribution in [0.2, 0.25) is 0 Å². The largest absolute Gasteiger partial charge is 0.293 e. The smallest absolute Gasteiger partial charge is 0.178 e. The minimum absolute atomic E-state index is 0.133. The number of nitrogens with zero attached hydrogens (tertiary/aromatic N) is 2. The Balaban J connectivity index is 1.98. The summed E-state index contributed by atoms with van der Waals surface area (Å²) in [6.07, 6.45) is 0.363. The van der Waals surface area contributed by atoms with Crippen molar-refractivity contribution in [3.05, 3.63) is 52.3 Å². The van der Waals surface area contributed by atoms with Crippen molar-refractivity contribution in [1.29, 1.82) is 0 Å². The van der Waals surface area contributed by atoms with Crippen molar-refractivity contribution in [2.45, 2.75) is 6.42 Å². The highest BCUT2D eigenvalue weighted by atomic mass is 32.1. The van der Waals surface area contributed by atoms with Crippen LogP contribution in [0.5, 0.6) is 0 Å². The van der Waals surface area contributed by atoms with Crippen molar-refractivity contribution < 1.29 is 4.79 Å². The minimum atomic E-state index is 0.133. The molecule has 0 aliphatic carbocycles. The molecular formula is C14H12N2OS. The maximum Gasteiger partial charge on any atom is 0.178 e. The number of fused-ring (bicyclic) bond motifs is 1. The molecule has 0 spiro atoms. The van der Waals surface area contributed by atoms with Crippen LogP contribution in [0.25, 0.3) is 10.9 Å². The molecule has 3 nitrogen and oxygen atoms in total. The van der Waals surface area contributed by atoms with Crippen molar-refractivity contribution >= 4 is 28.0 Å². The summed E-state index contributed by atoms with van der Waals surface area (Å²) in [7, 11) is 1.90. The molecule has 0 fully saturated rings. The van der Waals surface area contributed by atoms with Crippen LogP contribution in [0, 0.1) is 0 Å². The second-order valence-electron chi connectivity index (χ2n) is 4.16. The fraction of sp³-hybridized carbons (Fsp3) is 0.143. The molecule has 1 aromatic carbocycles. The van der Waals surface area contributed by atoms with Crippen LogP contribution < -0.4 is 0 Å². The number of Topliss-reactive ketones (excluding diaryl/α,β-unsaturated/α-hetero) is 1. The second-order valence-corrected chi connectivity index (χ2v) is 5.11. The van der Waals surface area contributed by atoms with Gasteiger partial charge in [-0.3, -0.25) is 9.48 Å². The van der Waals surface area contributed by atoms with Gasteiger partial charge in [0.05, 0.1) is 22.5 Å². The molecule has 0 amide bonds. The van der Waals surface area contributed by atoms with E-state index in [1.54, 1.807) is 0 Å². The Morgan fingerprint density at radius 2 is 2.11 bits per heavy atom. The van der Waals surface area contributed by atoms with Gasteiger partial charge in [0.1, 0.15) is 0 Å². The van der Waals surface area contributed by atoms with Crippen molar-refractivity contribution in [1.82, 2.24) is 9.78 Å². The summed E-state index contributed by atoms with van der Waals surface area (Å²) >= 11 is 1.48. The molecule has 0 radical (unpaired) electrons. The van der Waals surface area contributed by atoms with E-state index >= 15 is 0 Å². The van der Waals surface area contributed by atoms with Gasteiger partial charge in [-0.15, -0.1) is 11.3 Å². The lowest BCUT2D eigenvalue weighted by molar-refractivity contribution is 0.0996. The van der Waals surface area contributed by atoms with Crippen LogP contribution in [-0.2, 0) is 13.5 Å². The van der Waals surface area contributed by atoms with Gasteiger partial charge in [0.15, 0.2) is 5.78 Å². The summed E-state index contributed by atoms with van der Waals surface area (Å²) < 4.78 is 1.83. The van der Waals surface area contributed by atoms with Crippen molar-refractivity contribution in [3.63, 3.8) is 0 Å². The Morgan fingerprint density at radius 3 is 2.89 bits per heavy atom. The van der Waals surface area contributed by atoms with E-state index in [9.17, 15) is 4.79 Å². The Labute approximate surface area is 109 Å². The molecule has 0 bridgehead atoms. The van der Waals surface area contributed by atoms with Gasteiger partial charge in [-0.25, -0.2) is 0 Å². The minimum Gasteiger partial charge on any atom is -0.293 e. The first kappa shape index (κ1) is 11.2.